The van der Waals surface area contributed by atoms with Crippen molar-refractivity contribution in [2.24, 2.45) is 0 Å². The van der Waals surface area contributed by atoms with Crippen LogP contribution in [0.2, 0.25) is 0 Å². The summed E-state index contributed by atoms with van der Waals surface area (Å²) in [7, 11) is 1.43. The van der Waals surface area contributed by atoms with E-state index in [1.165, 1.54) is 7.11 Å². The number of hydrogen-bond acceptors (Lipinski definition) is 3. The van der Waals surface area contributed by atoms with E-state index in [-0.39, 0.29) is 12.0 Å². The van der Waals surface area contributed by atoms with Gasteiger partial charge in [0.15, 0.2) is 0 Å². The fraction of sp³-hybridized carbons (Fsp3) is 0.160. The third-order valence-electron chi connectivity index (χ3n) is 5.13. The van der Waals surface area contributed by atoms with Crippen LogP contribution in [0, 0.1) is 0 Å². The summed E-state index contributed by atoms with van der Waals surface area (Å²) in [5.41, 5.74) is 4.26. The van der Waals surface area contributed by atoms with Gasteiger partial charge in [-0.05, 0) is 28.6 Å². The van der Waals surface area contributed by atoms with Crippen LogP contribution in [0.3, 0.4) is 0 Å². The number of rotatable bonds is 7. The largest absolute Gasteiger partial charge is 0.468 e. The fourth-order valence-corrected chi connectivity index (χ4v) is 3.69. The van der Waals surface area contributed by atoms with Gasteiger partial charge < -0.3 is 9.72 Å². The molecule has 0 fully saturated rings. The van der Waals surface area contributed by atoms with E-state index in [0.29, 0.717) is 6.42 Å². The Morgan fingerprint density at radius 2 is 1.48 bits per heavy atom. The maximum absolute atomic E-state index is 12.6. The third kappa shape index (κ3) is 4.39. The molecule has 3 aromatic carbocycles. The number of para-hydroxylation sites is 1. The maximum Gasteiger partial charge on any atom is 0.323 e. The average molecular weight is 384 g/mol. The summed E-state index contributed by atoms with van der Waals surface area (Å²) in [6, 6.07) is 29.9. The van der Waals surface area contributed by atoms with Crippen molar-refractivity contribution in [2.45, 2.75) is 18.5 Å². The molecule has 0 amide bonds. The Kier molecular flexibility index (Phi) is 5.73. The lowest BCUT2D eigenvalue weighted by Crippen LogP contribution is -2.42. The lowest BCUT2D eigenvalue weighted by atomic mass is 9.97. The second kappa shape index (κ2) is 8.76. The number of fused-ring (bicyclic) bond motifs is 1. The van der Waals surface area contributed by atoms with Crippen molar-refractivity contribution in [2.75, 3.05) is 7.11 Å². The molecule has 0 saturated carbocycles. The first-order valence-electron chi connectivity index (χ1n) is 9.75. The molecular weight excluding hydrogens is 360 g/mol. The number of hydrogen-bond donors (Lipinski definition) is 2. The molecule has 0 bridgehead atoms. The van der Waals surface area contributed by atoms with Crippen LogP contribution in [0.4, 0.5) is 0 Å². The highest BCUT2D eigenvalue weighted by atomic mass is 16.5. The number of aromatic amines is 1. The van der Waals surface area contributed by atoms with Crippen molar-refractivity contribution >= 4 is 16.9 Å². The quantitative estimate of drug-likeness (QED) is 0.457. The van der Waals surface area contributed by atoms with E-state index in [9.17, 15) is 4.79 Å². The molecule has 1 unspecified atom stereocenters. The first-order valence-corrected chi connectivity index (χ1v) is 9.75. The normalized spacial score (nSPS) is 12.2. The van der Waals surface area contributed by atoms with Gasteiger partial charge in [0.1, 0.15) is 6.04 Å². The van der Waals surface area contributed by atoms with Crippen LogP contribution >= 0.6 is 0 Å². The molecule has 0 saturated heterocycles. The summed E-state index contributed by atoms with van der Waals surface area (Å²) in [6.07, 6.45) is 0.511. The second-order valence-corrected chi connectivity index (χ2v) is 7.08. The molecule has 0 aliphatic heterocycles. The molecule has 4 aromatic rings. The van der Waals surface area contributed by atoms with Crippen LogP contribution in [0.5, 0.6) is 0 Å². The Bertz CT molecular complexity index is 1000. The minimum atomic E-state index is -0.488. The second-order valence-electron chi connectivity index (χ2n) is 7.08. The monoisotopic (exact) mass is 384 g/mol. The summed E-state index contributed by atoms with van der Waals surface area (Å²) < 4.78 is 5.12. The number of carbonyl (C=O) groups is 1. The summed E-state index contributed by atoms with van der Waals surface area (Å²) in [6.45, 7) is 0. The predicted molar refractivity (Wildman–Crippen MR) is 116 cm³/mol. The molecule has 29 heavy (non-hydrogen) atoms. The lowest BCUT2D eigenvalue weighted by molar-refractivity contribution is -0.143. The van der Waals surface area contributed by atoms with Crippen LogP contribution < -0.4 is 5.32 Å². The fourth-order valence-electron chi connectivity index (χ4n) is 3.69. The summed E-state index contributed by atoms with van der Waals surface area (Å²) >= 11 is 0. The van der Waals surface area contributed by atoms with Crippen molar-refractivity contribution in [1.82, 2.24) is 10.3 Å². The number of carbonyl (C=O) groups excluding carboxylic acids is 1. The highest BCUT2D eigenvalue weighted by Gasteiger charge is 2.25. The number of esters is 1. The molecule has 146 valence electrons. The van der Waals surface area contributed by atoms with Gasteiger partial charge in [0.25, 0.3) is 0 Å². The number of nitrogens with one attached hydrogen (secondary N) is 2. The molecule has 0 aliphatic carbocycles. The van der Waals surface area contributed by atoms with Crippen molar-refractivity contribution in [3.05, 3.63) is 108 Å². The van der Waals surface area contributed by atoms with Gasteiger partial charge in [0.2, 0.25) is 0 Å². The van der Waals surface area contributed by atoms with Gasteiger partial charge in [-0.3, -0.25) is 10.1 Å². The highest BCUT2D eigenvalue weighted by Crippen LogP contribution is 2.24. The number of ether oxygens (including phenoxy) is 1. The van der Waals surface area contributed by atoms with Crippen LogP contribution in [-0.2, 0) is 16.0 Å². The SMILES string of the molecule is COC(=O)C(Cc1cc2ccccc2[nH]1)NC(c1ccccc1)c1ccccc1. The van der Waals surface area contributed by atoms with Crippen molar-refractivity contribution in [3.8, 4) is 0 Å². The average Bonchev–Trinajstić information content (AvgIpc) is 3.19. The number of H-pyrrole nitrogens is 1. The van der Waals surface area contributed by atoms with E-state index in [4.69, 9.17) is 4.74 Å². The van der Waals surface area contributed by atoms with E-state index in [1.54, 1.807) is 0 Å². The molecule has 4 rings (SSSR count). The van der Waals surface area contributed by atoms with Crippen molar-refractivity contribution < 1.29 is 9.53 Å². The number of methoxy groups -OCH3 is 1. The van der Waals surface area contributed by atoms with Gasteiger partial charge in [-0.2, -0.15) is 0 Å². The first kappa shape index (κ1) is 19.0. The minimum absolute atomic E-state index is 0.120. The van der Waals surface area contributed by atoms with E-state index in [0.717, 1.165) is 27.7 Å². The standard InChI is InChI=1S/C25H24N2O2/c1-29-25(28)23(17-21-16-20-14-8-9-15-22(20)26-21)27-24(18-10-4-2-5-11-18)19-12-6-3-7-13-19/h2-16,23-24,26-27H,17H2,1H3. The third-order valence-corrected chi connectivity index (χ3v) is 5.13. The van der Waals surface area contributed by atoms with E-state index in [1.807, 2.05) is 54.6 Å². The molecule has 0 radical (unpaired) electrons. The zero-order valence-electron chi connectivity index (χ0n) is 16.3. The predicted octanol–water partition coefficient (Wildman–Crippen LogP) is 4.63. The Labute approximate surface area is 170 Å². The Balaban J connectivity index is 1.65. The van der Waals surface area contributed by atoms with Crippen LogP contribution in [0.25, 0.3) is 10.9 Å². The molecule has 2 N–H and O–H groups in total. The maximum atomic E-state index is 12.6. The Morgan fingerprint density at radius 1 is 0.897 bits per heavy atom. The Hall–Kier alpha value is -3.37. The molecule has 0 spiro atoms. The summed E-state index contributed by atoms with van der Waals surface area (Å²) in [4.78, 5) is 16.0. The Morgan fingerprint density at radius 3 is 2.07 bits per heavy atom. The molecule has 0 aliphatic rings. The first-order chi connectivity index (χ1) is 14.2. The molecule has 1 heterocycles. The van der Waals surface area contributed by atoms with Gasteiger partial charge in [0.05, 0.1) is 13.2 Å². The molecule has 4 heteroatoms. The van der Waals surface area contributed by atoms with E-state index >= 15 is 0 Å². The van der Waals surface area contributed by atoms with Crippen molar-refractivity contribution in [3.63, 3.8) is 0 Å². The summed E-state index contributed by atoms with van der Waals surface area (Å²) in [5.74, 6) is -0.277. The summed E-state index contributed by atoms with van der Waals surface area (Å²) in [5, 5.41) is 4.67. The minimum Gasteiger partial charge on any atom is -0.468 e. The van der Waals surface area contributed by atoms with E-state index < -0.39 is 6.04 Å². The van der Waals surface area contributed by atoms with Crippen LogP contribution in [0.1, 0.15) is 22.9 Å². The zero-order chi connectivity index (χ0) is 20.1. The molecule has 1 atom stereocenters. The molecule has 4 nitrogen and oxygen atoms in total. The highest BCUT2D eigenvalue weighted by molar-refractivity contribution is 5.81. The van der Waals surface area contributed by atoms with Crippen LogP contribution in [-0.4, -0.2) is 24.1 Å². The van der Waals surface area contributed by atoms with Gasteiger partial charge in [0, 0.05) is 17.6 Å². The molecular formula is C25H24N2O2. The lowest BCUT2D eigenvalue weighted by Gasteiger charge is -2.25. The number of benzene rings is 3. The van der Waals surface area contributed by atoms with Gasteiger partial charge in [-0.25, -0.2) is 0 Å². The van der Waals surface area contributed by atoms with Gasteiger partial charge in [-0.1, -0.05) is 78.9 Å². The zero-order valence-corrected chi connectivity index (χ0v) is 16.3. The van der Waals surface area contributed by atoms with Crippen molar-refractivity contribution in [1.29, 1.82) is 0 Å². The topological polar surface area (TPSA) is 54.1 Å². The van der Waals surface area contributed by atoms with E-state index in [2.05, 4.69) is 46.7 Å². The van der Waals surface area contributed by atoms with Gasteiger partial charge >= 0.3 is 5.97 Å². The smallest absolute Gasteiger partial charge is 0.323 e. The number of aromatic nitrogens is 1. The molecule has 1 aromatic heterocycles. The van der Waals surface area contributed by atoms with Gasteiger partial charge in [-0.15, -0.1) is 0 Å². The van der Waals surface area contributed by atoms with Crippen LogP contribution in [0.15, 0.2) is 91.0 Å².